The van der Waals surface area contributed by atoms with Crippen molar-refractivity contribution in [1.29, 1.82) is 0 Å². The second-order valence-corrected chi connectivity index (χ2v) is 8.20. The fourth-order valence-corrected chi connectivity index (χ4v) is 4.46. The van der Waals surface area contributed by atoms with Crippen LogP contribution < -0.4 is 4.90 Å². The molecule has 0 aliphatic carbocycles. The van der Waals surface area contributed by atoms with E-state index in [1.165, 1.54) is 0 Å². The third kappa shape index (κ3) is 3.20. The van der Waals surface area contributed by atoms with Crippen molar-refractivity contribution in [2.24, 2.45) is 0 Å². The normalized spacial score (nSPS) is 18.9. The van der Waals surface area contributed by atoms with E-state index in [2.05, 4.69) is 12.1 Å². The summed E-state index contributed by atoms with van der Waals surface area (Å²) >= 11 is 7.99. The summed E-state index contributed by atoms with van der Waals surface area (Å²) < 4.78 is 5.24. The Balaban J connectivity index is 1.99. The summed E-state index contributed by atoms with van der Waals surface area (Å²) in [5.74, 6) is 0.460. The first-order valence-electron chi connectivity index (χ1n) is 8.09. The fourth-order valence-electron chi connectivity index (χ4n) is 3.20. The van der Waals surface area contributed by atoms with Gasteiger partial charge in [-0.1, -0.05) is 23.7 Å². The van der Waals surface area contributed by atoms with Gasteiger partial charge in [0.05, 0.1) is 17.3 Å². The molecule has 3 rings (SSSR count). The molecule has 1 aromatic heterocycles. The van der Waals surface area contributed by atoms with E-state index in [1.807, 2.05) is 43.9 Å². The number of halogens is 1. The quantitative estimate of drug-likeness (QED) is 0.755. The van der Waals surface area contributed by atoms with Crippen molar-refractivity contribution in [1.82, 2.24) is 5.16 Å². The highest BCUT2D eigenvalue weighted by atomic mass is 35.5. The molecular formula is C18H21ClN2O2S. The van der Waals surface area contributed by atoms with E-state index < -0.39 is 0 Å². The largest absolute Gasteiger partial charge is 0.361 e. The van der Waals surface area contributed by atoms with E-state index in [4.69, 9.17) is 16.1 Å². The van der Waals surface area contributed by atoms with E-state index >= 15 is 0 Å². The van der Waals surface area contributed by atoms with Gasteiger partial charge in [0.15, 0.2) is 0 Å². The Morgan fingerprint density at radius 2 is 2.21 bits per heavy atom. The highest BCUT2D eigenvalue weighted by Gasteiger charge is 2.31. The minimum atomic E-state index is -0.304. The summed E-state index contributed by atoms with van der Waals surface area (Å²) in [5.41, 5.74) is 2.56. The highest BCUT2D eigenvalue weighted by Crippen LogP contribution is 2.40. The number of nitrogens with zero attached hydrogens (tertiary/aromatic N) is 2. The summed E-state index contributed by atoms with van der Waals surface area (Å²) in [6, 6.07) is 5.77. The van der Waals surface area contributed by atoms with Crippen LogP contribution in [0.1, 0.15) is 43.2 Å². The van der Waals surface area contributed by atoms with Crippen LogP contribution >= 0.6 is 23.4 Å². The summed E-state index contributed by atoms with van der Waals surface area (Å²) in [5, 5.41) is 5.08. The van der Waals surface area contributed by atoms with Crippen LogP contribution in [0.25, 0.3) is 0 Å². The molecule has 24 heavy (non-hydrogen) atoms. The maximum absolute atomic E-state index is 13.2. The molecule has 1 aliphatic heterocycles. The number of fused-ring (bicyclic) bond motifs is 1. The lowest BCUT2D eigenvalue weighted by Gasteiger charge is -2.26. The van der Waals surface area contributed by atoms with Crippen LogP contribution in [0.3, 0.4) is 0 Å². The number of hydrogen-bond acceptors (Lipinski definition) is 4. The van der Waals surface area contributed by atoms with Crippen LogP contribution in [0, 0.1) is 13.8 Å². The smallest absolute Gasteiger partial charge is 0.234 e. The molecule has 4 nitrogen and oxygen atoms in total. The Labute approximate surface area is 151 Å². The van der Waals surface area contributed by atoms with E-state index in [9.17, 15) is 4.79 Å². The SMILES string of the molecule is Cc1noc(C)c1C(C)C(=O)N1CCC(C)Sc2ccc(Cl)cc21. The molecule has 0 saturated carbocycles. The van der Waals surface area contributed by atoms with Crippen molar-refractivity contribution < 1.29 is 9.32 Å². The first-order valence-corrected chi connectivity index (χ1v) is 9.34. The van der Waals surface area contributed by atoms with Gasteiger partial charge in [-0.05, 0) is 45.4 Å². The maximum atomic E-state index is 13.2. The zero-order valence-electron chi connectivity index (χ0n) is 14.3. The van der Waals surface area contributed by atoms with Crippen molar-refractivity contribution >= 4 is 35.0 Å². The van der Waals surface area contributed by atoms with Crippen molar-refractivity contribution in [2.75, 3.05) is 11.4 Å². The molecule has 1 aromatic carbocycles. The second-order valence-electron chi connectivity index (χ2n) is 6.28. The molecule has 0 bridgehead atoms. The van der Waals surface area contributed by atoms with Gasteiger partial charge in [0.2, 0.25) is 5.91 Å². The summed E-state index contributed by atoms with van der Waals surface area (Å²) in [6.07, 6.45) is 0.941. The third-order valence-corrected chi connectivity index (χ3v) is 5.93. The number of rotatable bonds is 2. The van der Waals surface area contributed by atoms with Crippen molar-refractivity contribution in [2.45, 2.75) is 50.2 Å². The lowest BCUT2D eigenvalue weighted by Crippen LogP contribution is -2.35. The van der Waals surface area contributed by atoms with Crippen molar-refractivity contribution in [3.05, 3.63) is 40.2 Å². The Hall–Kier alpha value is -1.46. The Morgan fingerprint density at radius 3 is 2.88 bits per heavy atom. The first-order chi connectivity index (χ1) is 11.4. The average molecular weight is 365 g/mol. The zero-order valence-corrected chi connectivity index (χ0v) is 15.9. The number of hydrogen-bond donors (Lipinski definition) is 0. The number of aryl methyl sites for hydroxylation is 2. The second kappa shape index (κ2) is 6.81. The number of anilines is 1. The number of thioether (sulfide) groups is 1. The topological polar surface area (TPSA) is 46.3 Å². The Morgan fingerprint density at radius 1 is 1.46 bits per heavy atom. The molecule has 2 aromatic rings. The van der Waals surface area contributed by atoms with E-state index in [0.717, 1.165) is 28.3 Å². The molecule has 0 fully saturated rings. The molecule has 2 atom stereocenters. The van der Waals surface area contributed by atoms with E-state index in [0.29, 0.717) is 22.6 Å². The minimum absolute atomic E-state index is 0.0580. The predicted octanol–water partition coefficient (Wildman–Crippen LogP) is 4.97. The molecule has 128 valence electrons. The van der Waals surface area contributed by atoms with E-state index in [1.54, 1.807) is 11.8 Å². The van der Waals surface area contributed by atoms with Crippen molar-refractivity contribution in [3.8, 4) is 0 Å². The van der Waals surface area contributed by atoms with Gasteiger partial charge in [-0.25, -0.2) is 0 Å². The van der Waals surface area contributed by atoms with Crippen LogP contribution in [-0.4, -0.2) is 22.9 Å². The number of carbonyl (C=O) groups excluding carboxylic acids is 1. The standard InChI is InChI=1S/C18H21ClN2O2S/c1-10-7-8-21(15-9-14(19)5-6-16(15)24-10)18(22)11(2)17-12(3)20-23-13(17)4/h5-6,9-11H,7-8H2,1-4H3. The fraction of sp³-hybridized carbons (Fsp3) is 0.444. The lowest BCUT2D eigenvalue weighted by molar-refractivity contribution is -0.119. The molecule has 2 heterocycles. The molecular weight excluding hydrogens is 344 g/mol. The number of amides is 1. The van der Waals surface area contributed by atoms with Crippen LogP contribution in [-0.2, 0) is 4.79 Å². The summed E-state index contributed by atoms with van der Waals surface area (Å²) in [7, 11) is 0. The van der Waals surface area contributed by atoms with E-state index in [-0.39, 0.29) is 11.8 Å². The van der Waals surface area contributed by atoms with Gasteiger partial charge in [0, 0.05) is 27.3 Å². The number of benzene rings is 1. The Bertz CT molecular complexity index is 755. The van der Waals surface area contributed by atoms with Crippen LogP contribution in [0.2, 0.25) is 5.02 Å². The van der Waals surface area contributed by atoms with Gasteiger partial charge >= 0.3 is 0 Å². The summed E-state index contributed by atoms with van der Waals surface area (Å²) in [4.78, 5) is 16.2. The predicted molar refractivity (Wildman–Crippen MR) is 98.1 cm³/mol. The average Bonchev–Trinajstić information content (AvgIpc) is 2.78. The first kappa shape index (κ1) is 17.4. The molecule has 2 unspecified atom stereocenters. The minimum Gasteiger partial charge on any atom is -0.361 e. The van der Waals surface area contributed by atoms with Gasteiger partial charge in [-0.3, -0.25) is 4.79 Å². The monoisotopic (exact) mass is 364 g/mol. The molecule has 0 N–H and O–H groups in total. The van der Waals surface area contributed by atoms with Crippen LogP contribution in [0.15, 0.2) is 27.6 Å². The molecule has 0 saturated heterocycles. The third-order valence-electron chi connectivity index (χ3n) is 4.46. The zero-order chi connectivity index (χ0) is 17.4. The summed E-state index contributed by atoms with van der Waals surface area (Å²) in [6.45, 7) is 8.52. The van der Waals surface area contributed by atoms with Crippen LogP contribution in [0.4, 0.5) is 5.69 Å². The molecule has 1 aliphatic rings. The highest BCUT2D eigenvalue weighted by molar-refractivity contribution is 8.00. The number of carbonyl (C=O) groups is 1. The van der Waals surface area contributed by atoms with Gasteiger partial charge in [0.25, 0.3) is 0 Å². The molecule has 6 heteroatoms. The molecule has 1 amide bonds. The van der Waals surface area contributed by atoms with Gasteiger partial charge in [-0.15, -0.1) is 11.8 Å². The molecule has 0 radical (unpaired) electrons. The number of aromatic nitrogens is 1. The van der Waals surface area contributed by atoms with Gasteiger partial charge in [-0.2, -0.15) is 0 Å². The van der Waals surface area contributed by atoms with Crippen LogP contribution in [0.5, 0.6) is 0 Å². The maximum Gasteiger partial charge on any atom is 0.234 e. The van der Waals surface area contributed by atoms with Gasteiger partial charge in [0.1, 0.15) is 5.76 Å². The lowest BCUT2D eigenvalue weighted by atomic mass is 9.97. The van der Waals surface area contributed by atoms with Gasteiger partial charge < -0.3 is 9.42 Å². The molecule has 0 spiro atoms. The Kier molecular flexibility index (Phi) is 4.92. The van der Waals surface area contributed by atoms with Crippen molar-refractivity contribution in [3.63, 3.8) is 0 Å².